The highest BCUT2D eigenvalue weighted by Crippen LogP contribution is 2.03. The summed E-state index contributed by atoms with van der Waals surface area (Å²) >= 11 is 0. The van der Waals surface area contributed by atoms with Crippen molar-refractivity contribution in [2.75, 3.05) is 40.8 Å². The zero-order valence-corrected chi connectivity index (χ0v) is 17.8. The van der Waals surface area contributed by atoms with Gasteiger partial charge in [-0.15, -0.1) is 24.0 Å². The summed E-state index contributed by atoms with van der Waals surface area (Å²) in [4.78, 5) is 6.52. The summed E-state index contributed by atoms with van der Waals surface area (Å²) in [6.07, 6.45) is 9.04. The lowest BCUT2D eigenvalue weighted by Crippen LogP contribution is -2.38. The van der Waals surface area contributed by atoms with E-state index in [4.69, 9.17) is 0 Å². The Bertz CT molecular complexity index is 255. The minimum absolute atomic E-state index is 0. The van der Waals surface area contributed by atoms with Gasteiger partial charge in [0.25, 0.3) is 0 Å². The molecule has 22 heavy (non-hydrogen) atoms. The van der Waals surface area contributed by atoms with Crippen LogP contribution in [0, 0.1) is 5.92 Å². The van der Waals surface area contributed by atoms with Gasteiger partial charge in [0.05, 0.1) is 0 Å². The molecule has 0 radical (unpaired) electrons. The van der Waals surface area contributed by atoms with Crippen molar-refractivity contribution < 1.29 is 0 Å². The number of hydrogen-bond acceptors (Lipinski definition) is 2. The Morgan fingerprint density at radius 1 is 0.909 bits per heavy atom. The average molecular weight is 426 g/mol. The fourth-order valence-corrected chi connectivity index (χ4v) is 2.23. The summed E-state index contributed by atoms with van der Waals surface area (Å²) in [6.45, 7) is 7.79. The molecule has 0 bridgehead atoms. The molecule has 5 heteroatoms. The Kier molecular flexibility index (Phi) is 19.1. The van der Waals surface area contributed by atoms with E-state index in [1.165, 1.54) is 51.5 Å². The molecule has 0 heterocycles. The number of hydrogen-bond donors (Lipinski definition) is 2. The molecule has 0 saturated carbocycles. The van der Waals surface area contributed by atoms with Gasteiger partial charge in [-0.05, 0) is 52.2 Å². The predicted octanol–water partition coefficient (Wildman–Crippen LogP) is 3.72. The monoisotopic (exact) mass is 426 g/mol. The summed E-state index contributed by atoms with van der Waals surface area (Å²) in [6, 6.07) is 0. The zero-order valence-electron chi connectivity index (χ0n) is 15.5. The number of rotatable bonds is 12. The molecule has 0 aliphatic heterocycles. The Balaban J connectivity index is 0. The lowest BCUT2D eigenvalue weighted by Gasteiger charge is -2.12. The molecular formula is C17H39IN4. The second-order valence-corrected chi connectivity index (χ2v) is 6.53. The van der Waals surface area contributed by atoms with Gasteiger partial charge in [0.1, 0.15) is 0 Å². The maximum atomic E-state index is 4.26. The summed E-state index contributed by atoms with van der Waals surface area (Å²) in [5.74, 6) is 1.74. The molecule has 0 aliphatic rings. The topological polar surface area (TPSA) is 39.7 Å². The Morgan fingerprint density at radius 3 is 2.00 bits per heavy atom. The van der Waals surface area contributed by atoms with Crippen LogP contribution in [0.2, 0.25) is 0 Å². The normalized spacial score (nSPS) is 11.7. The maximum absolute atomic E-state index is 4.26. The predicted molar refractivity (Wildman–Crippen MR) is 110 cm³/mol. The van der Waals surface area contributed by atoms with Crippen molar-refractivity contribution in [3.63, 3.8) is 0 Å². The van der Waals surface area contributed by atoms with E-state index < -0.39 is 0 Å². The molecule has 0 unspecified atom stereocenters. The number of aliphatic imine (C=N–C) groups is 1. The lowest BCUT2D eigenvalue weighted by atomic mass is 10.1. The van der Waals surface area contributed by atoms with Crippen LogP contribution < -0.4 is 10.6 Å². The van der Waals surface area contributed by atoms with Crippen LogP contribution >= 0.6 is 24.0 Å². The van der Waals surface area contributed by atoms with Gasteiger partial charge < -0.3 is 15.5 Å². The molecule has 134 valence electrons. The Morgan fingerprint density at radius 2 is 1.45 bits per heavy atom. The van der Waals surface area contributed by atoms with Crippen molar-refractivity contribution >= 4 is 29.9 Å². The first-order valence-corrected chi connectivity index (χ1v) is 8.65. The standard InChI is InChI=1S/C17H38N4.HI/c1-16(2)12-11-14-20-17(18-3)19-13-9-7-6-8-10-15-21(4)5;/h16H,6-15H2,1-5H3,(H2,18,19,20);1H. The van der Waals surface area contributed by atoms with Crippen molar-refractivity contribution in [3.8, 4) is 0 Å². The lowest BCUT2D eigenvalue weighted by molar-refractivity contribution is 0.389. The van der Waals surface area contributed by atoms with E-state index in [1.807, 2.05) is 7.05 Å². The molecule has 0 aromatic carbocycles. The second-order valence-electron chi connectivity index (χ2n) is 6.53. The highest BCUT2D eigenvalue weighted by molar-refractivity contribution is 14.0. The number of guanidine groups is 1. The highest BCUT2D eigenvalue weighted by Gasteiger charge is 1.98. The Labute approximate surface area is 155 Å². The van der Waals surface area contributed by atoms with E-state index in [-0.39, 0.29) is 24.0 Å². The van der Waals surface area contributed by atoms with Gasteiger partial charge in [-0.1, -0.05) is 33.1 Å². The van der Waals surface area contributed by atoms with Crippen LogP contribution in [-0.2, 0) is 0 Å². The number of nitrogens with zero attached hydrogens (tertiary/aromatic N) is 2. The number of nitrogens with one attached hydrogen (secondary N) is 2. The van der Waals surface area contributed by atoms with E-state index in [1.54, 1.807) is 0 Å². The smallest absolute Gasteiger partial charge is 0.190 e. The quantitative estimate of drug-likeness (QED) is 0.216. The second kappa shape index (κ2) is 17.3. The third-order valence-corrected chi connectivity index (χ3v) is 3.55. The molecule has 0 aliphatic carbocycles. The van der Waals surface area contributed by atoms with Gasteiger partial charge in [-0.25, -0.2) is 0 Å². The van der Waals surface area contributed by atoms with Gasteiger partial charge in [-0.2, -0.15) is 0 Å². The molecule has 0 atom stereocenters. The molecule has 4 nitrogen and oxygen atoms in total. The van der Waals surface area contributed by atoms with Gasteiger partial charge in [0, 0.05) is 20.1 Å². The Hall–Kier alpha value is -0.0400. The van der Waals surface area contributed by atoms with E-state index in [0.29, 0.717) is 0 Å². The molecule has 0 spiro atoms. The fourth-order valence-electron chi connectivity index (χ4n) is 2.23. The van der Waals surface area contributed by atoms with Crippen LogP contribution in [0.1, 0.15) is 58.8 Å². The molecule has 0 saturated heterocycles. The first-order chi connectivity index (χ1) is 10.1. The molecule has 2 N–H and O–H groups in total. The molecule has 0 fully saturated rings. The largest absolute Gasteiger partial charge is 0.356 e. The van der Waals surface area contributed by atoms with Crippen LogP contribution in [0.4, 0.5) is 0 Å². The van der Waals surface area contributed by atoms with E-state index >= 15 is 0 Å². The van der Waals surface area contributed by atoms with Crippen LogP contribution in [-0.4, -0.2) is 51.6 Å². The van der Waals surface area contributed by atoms with Gasteiger partial charge in [-0.3, -0.25) is 4.99 Å². The zero-order chi connectivity index (χ0) is 15.9. The summed E-state index contributed by atoms with van der Waals surface area (Å²) in [5, 5.41) is 6.78. The molecule has 0 rings (SSSR count). The van der Waals surface area contributed by atoms with Gasteiger partial charge in [0.15, 0.2) is 5.96 Å². The minimum Gasteiger partial charge on any atom is -0.356 e. The van der Waals surface area contributed by atoms with E-state index in [2.05, 4.69) is 48.5 Å². The van der Waals surface area contributed by atoms with Crippen LogP contribution in [0.5, 0.6) is 0 Å². The van der Waals surface area contributed by atoms with E-state index in [0.717, 1.165) is 25.0 Å². The van der Waals surface area contributed by atoms with E-state index in [9.17, 15) is 0 Å². The summed E-state index contributed by atoms with van der Waals surface area (Å²) in [7, 11) is 6.13. The molecule has 0 aromatic rings. The van der Waals surface area contributed by atoms with Crippen LogP contribution in [0.25, 0.3) is 0 Å². The van der Waals surface area contributed by atoms with Crippen molar-refractivity contribution in [2.24, 2.45) is 10.9 Å². The highest BCUT2D eigenvalue weighted by atomic mass is 127. The number of unbranched alkanes of at least 4 members (excludes halogenated alkanes) is 4. The summed E-state index contributed by atoms with van der Waals surface area (Å²) < 4.78 is 0. The SMILES string of the molecule is CN=C(NCCCCCCCN(C)C)NCCCC(C)C.I. The molecule has 0 amide bonds. The van der Waals surface area contributed by atoms with Crippen LogP contribution in [0.15, 0.2) is 4.99 Å². The third kappa shape index (κ3) is 18.0. The minimum atomic E-state index is 0. The van der Waals surface area contributed by atoms with Gasteiger partial charge >= 0.3 is 0 Å². The van der Waals surface area contributed by atoms with Crippen molar-refractivity contribution in [1.82, 2.24) is 15.5 Å². The van der Waals surface area contributed by atoms with Crippen molar-refractivity contribution in [2.45, 2.75) is 58.8 Å². The fraction of sp³-hybridized carbons (Fsp3) is 0.941. The maximum Gasteiger partial charge on any atom is 0.190 e. The molecular weight excluding hydrogens is 387 g/mol. The summed E-state index contributed by atoms with van der Waals surface area (Å²) in [5.41, 5.74) is 0. The average Bonchev–Trinajstić information content (AvgIpc) is 2.43. The first-order valence-electron chi connectivity index (χ1n) is 8.65. The van der Waals surface area contributed by atoms with Crippen LogP contribution in [0.3, 0.4) is 0 Å². The van der Waals surface area contributed by atoms with Crippen molar-refractivity contribution in [1.29, 1.82) is 0 Å². The van der Waals surface area contributed by atoms with Gasteiger partial charge in [0.2, 0.25) is 0 Å². The first kappa shape index (κ1) is 24.2. The molecule has 0 aromatic heterocycles. The van der Waals surface area contributed by atoms with Crippen molar-refractivity contribution in [3.05, 3.63) is 0 Å². The third-order valence-electron chi connectivity index (χ3n) is 3.55. The number of halogens is 1.